The van der Waals surface area contributed by atoms with E-state index in [4.69, 9.17) is 9.47 Å². The molecule has 2 rings (SSSR count). The summed E-state index contributed by atoms with van der Waals surface area (Å²) in [5, 5.41) is 0. The molecule has 0 spiro atoms. The minimum atomic E-state index is -0.990. The Kier molecular flexibility index (Phi) is 9.06. The molecule has 4 nitrogen and oxygen atoms in total. The fourth-order valence-corrected chi connectivity index (χ4v) is 4.47. The molecule has 0 fully saturated rings. The molecule has 0 aliphatic heterocycles. The van der Waals surface area contributed by atoms with Crippen molar-refractivity contribution < 1.29 is 19.1 Å². The first kappa shape index (κ1) is 25.6. The van der Waals surface area contributed by atoms with Gasteiger partial charge >= 0.3 is 11.9 Å². The molecule has 2 aromatic rings. The predicted octanol–water partition coefficient (Wildman–Crippen LogP) is 6.73. The molecule has 0 N–H and O–H groups in total. The van der Waals surface area contributed by atoms with Gasteiger partial charge in [-0.3, -0.25) is 0 Å². The van der Waals surface area contributed by atoms with Gasteiger partial charge in [0.05, 0.1) is 0 Å². The van der Waals surface area contributed by atoms with Crippen molar-refractivity contribution in [3.8, 4) is 11.5 Å². The third kappa shape index (κ3) is 5.79. The number of benzene rings is 2. The molecule has 4 heteroatoms. The quantitative estimate of drug-likeness (QED) is 0.260. The van der Waals surface area contributed by atoms with Crippen molar-refractivity contribution in [2.45, 2.75) is 93.9 Å². The van der Waals surface area contributed by atoms with Crippen LogP contribution in [0.3, 0.4) is 0 Å². The van der Waals surface area contributed by atoms with E-state index in [0.29, 0.717) is 11.5 Å². The summed E-state index contributed by atoms with van der Waals surface area (Å²) >= 11 is 0. The normalized spacial score (nSPS) is 10.9. The first-order valence-corrected chi connectivity index (χ1v) is 11.8. The molecule has 0 radical (unpaired) electrons. The Hall–Kier alpha value is -2.62. The number of carbonyl (C=O) groups excluding carboxylic acids is 2. The Bertz CT molecular complexity index is 920. The molecule has 174 valence electrons. The second-order valence-corrected chi connectivity index (χ2v) is 8.87. The van der Waals surface area contributed by atoms with E-state index in [1.807, 2.05) is 39.8 Å². The molecule has 2 aromatic carbocycles. The van der Waals surface area contributed by atoms with Crippen LogP contribution in [0.4, 0.5) is 0 Å². The summed E-state index contributed by atoms with van der Waals surface area (Å²) in [4.78, 5) is 25.4. The highest BCUT2D eigenvalue weighted by molar-refractivity contribution is 6.31. The summed E-state index contributed by atoms with van der Waals surface area (Å²) in [5.41, 5.74) is 8.24. The average Bonchev–Trinajstić information content (AvgIpc) is 2.73. The van der Waals surface area contributed by atoms with Crippen LogP contribution in [-0.2, 0) is 22.4 Å². The predicted molar refractivity (Wildman–Crippen MR) is 130 cm³/mol. The van der Waals surface area contributed by atoms with Crippen LogP contribution in [-0.4, -0.2) is 11.9 Å². The molecule has 32 heavy (non-hydrogen) atoms. The third-order valence-electron chi connectivity index (χ3n) is 6.24. The van der Waals surface area contributed by atoms with E-state index in [-0.39, 0.29) is 0 Å². The molecule has 0 heterocycles. The van der Waals surface area contributed by atoms with Gasteiger partial charge in [-0.25, -0.2) is 9.59 Å². The maximum atomic E-state index is 12.7. The van der Waals surface area contributed by atoms with Crippen LogP contribution in [0.1, 0.15) is 84.0 Å². The van der Waals surface area contributed by atoms with E-state index in [1.54, 1.807) is 0 Å². The first-order chi connectivity index (χ1) is 15.1. The van der Waals surface area contributed by atoms with Crippen molar-refractivity contribution in [2.75, 3.05) is 0 Å². The van der Waals surface area contributed by atoms with Gasteiger partial charge in [0.1, 0.15) is 11.5 Å². The van der Waals surface area contributed by atoms with Crippen molar-refractivity contribution >= 4 is 11.9 Å². The van der Waals surface area contributed by atoms with E-state index >= 15 is 0 Å². The van der Waals surface area contributed by atoms with Crippen LogP contribution >= 0.6 is 0 Å². The Balaban J connectivity index is 2.27. The number of unbranched alkanes of at least 4 members (excludes halogenated alkanes) is 2. The van der Waals surface area contributed by atoms with E-state index in [9.17, 15) is 9.59 Å². The fourth-order valence-electron chi connectivity index (χ4n) is 4.47. The summed E-state index contributed by atoms with van der Waals surface area (Å²) in [6.07, 6.45) is 6.14. The highest BCUT2D eigenvalue weighted by Crippen LogP contribution is 2.32. The Morgan fingerprint density at radius 3 is 1.28 bits per heavy atom. The molecule has 0 aromatic heterocycles. The highest BCUT2D eigenvalue weighted by atomic mass is 16.6. The zero-order chi connectivity index (χ0) is 24.0. The number of hydrogen-bond acceptors (Lipinski definition) is 4. The van der Waals surface area contributed by atoms with Gasteiger partial charge in [0.2, 0.25) is 0 Å². The van der Waals surface area contributed by atoms with Gasteiger partial charge < -0.3 is 9.47 Å². The minimum absolute atomic E-state index is 0.463. The molecule has 0 saturated heterocycles. The number of ether oxygens (including phenoxy) is 2. The summed E-state index contributed by atoms with van der Waals surface area (Å²) in [6.45, 7) is 16.1. The summed E-state index contributed by atoms with van der Waals surface area (Å²) < 4.78 is 11.1. The molecule has 0 bridgehead atoms. The molecule has 0 atom stereocenters. The summed E-state index contributed by atoms with van der Waals surface area (Å²) in [6, 6.07) is 4.03. The third-order valence-corrected chi connectivity index (χ3v) is 6.24. The van der Waals surface area contributed by atoms with Gasteiger partial charge in [0.25, 0.3) is 0 Å². The molecule has 0 aliphatic carbocycles. The fraction of sp³-hybridized carbons (Fsp3) is 0.500. The van der Waals surface area contributed by atoms with Crippen molar-refractivity contribution in [1.82, 2.24) is 0 Å². The molecular formula is C28H38O4. The molecule has 0 saturated carbocycles. The molecule has 0 amide bonds. The standard InChI is InChI=1S/C28H38O4/c1-9-11-13-23-17(3)15-19(5)25(21(23)7)31-27(29)28(30)32-26-20(6)16-18(4)24(22(26)8)14-12-10-2/h15-16H,9-14H2,1-8H3. The van der Waals surface area contributed by atoms with Gasteiger partial charge in [-0.2, -0.15) is 0 Å². The van der Waals surface area contributed by atoms with Gasteiger partial charge in [-0.15, -0.1) is 0 Å². The van der Waals surface area contributed by atoms with Gasteiger partial charge in [0.15, 0.2) is 0 Å². The highest BCUT2D eigenvalue weighted by Gasteiger charge is 2.25. The largest absolute Gasteiger partial charge is 0.423 e. The van der Waals surface area contributed by atoms with Crippen LogP contribution in [0.25, 0.3) is 0 Å². The lowest BCUT2D eigenvalue weighted by Crippen LogP contribution is -2.27. The lowest BCUT2D eigenvalue weighted by Gasteiger charge is -2.18. The topological polar surface area (TPSA) is 52.6 Å². The SMILES string of the molecule is CCCCc1c(C)cc(C)c(OC(=O)C(=O)Oc2c(C)cc(C)c(CCCC)c2C)c1C. The van der Waals surface area contributed by atoms with Crippen LogP contribution in [0.5, 0.6) is 11.5 Å². The number of rotatable bonds is 8. The van der Waals surface area contributed by atoms with E-state index < -0.39 is 11.9 Å². The second kappa shape index (κ2) is 11.3. The van der Waals surface area contributed by atoms with Gasteiger partial charge in [0, 0.05) is 0 Å². The van der Waals surface area contributed by atoms with Crippen LogP contribution in [0.2, 0.25) is 0 Å². The maximum Gasteiger partial charge on any atom is 0.423 e. The zero-order valence-corrected chi connectivity index (χ0v) is 21.0. The monoisotopic (exact) mass is 438 g/mol. The van der Waals surface area contributed by atoms with E-state index in [2.05, 4.69) is 27.7 Å². The van der Waals surface area contributed by atoms with Crippen LogP contribution in [0.15, 0.2) is 12.1 Å². The van der Waals surface area contributed by atoms with Crippen LogP contribution in [0, 0.1) is 41.5 Å². The van der Waals surface area contributed by atoms with E-state index in [0.717, 1.165) is 60.8 Å². The van der Waals surface area contributed by atoms with Gasteiger partial charge in [-0.05, 0) is 112 Å². The number of esters is 2. The smallest absolute Gasteiger partial charge is 0.418 e. The second-order valence-electron chi connectivity index (χ2n) is 8.87. The van der Waals surface area contributed by atoms with E-state index in [1.165, 1.54) is 22.3 Å². The number of hydrogen-bond donors (Lipinski definition) is 0. The van der Waals surface area contributed by atoms with Crippen molar-refractivity contribution in [3.63, 3.8) is 0 Å². The summed E-state index contributed by atoms with van der Waals surface area (Å²) in [7, 11) is 0. The Labute approximate surface area is 193 Å². The Morgan fingerprint density at radius 1 is 0.625 bits per heavy atom. The Morgan fingerprint density at radius 2 is 0.969 bits per heavy atom. The van der Waals surface area contributed by atoms with Crippen molar-refractivity contribution in [3.05, 3.63) is 56.6 Å². The van der Waals surface area contributed by atoms with Gasteiger partial charge in [-0.1, -0.05) is 38.8 Å². The maximum absolute atomic E-state index is 12.7. The van der Waals surface area contributed by atoms with Crippen LogP contribution < -0.4 is 9.47 Å². The van der Waals surface area contributed by atoms with Crippen molar-refractivity contribution in [2.24, 2.45) is 0 Å². The molecular weight excluding hydrogens is 400 g/mol. The lowest BCUT2D eigenvalue weighted by molar-refractivity contribution is -0.156. The minimum Gasteiger partial charge on any atom is -0.418 e. The van der Waals surface area contributed by atoms with Crippen molar-refractivity contribution in [1.29, 1.82) is 0 Å². The molecule has 0 unspecified atom stereocenters. The number of carbonyl (C=O) groups is 2. The lowest BCUT2D eigenvalue weighted by atomic mass is 9.94. The number of aryl methyl sites for hydroxylation is 4. The zero-order valence-electron chi connectivity index (χ0n) is 21.0. The first-order valence-electron chi connectivity index (χ1n) is 11.8. The summed E-state index contributed by atoms with van der Waals surface area (Å²) in [5.74, 6) is -1.05. The molecule has 0 aliphatic rings. The average molecular weight is 439 g/mol.